The Morgan fingerprint density at radius 2 is 1.71 bits per heavy atom. The van der Waals surface area contributed by atoms with Crippen LogP contribution in [-0.2, 0) is 6.61 Å². The fourth-order valence-corrected chi connectivity index (χ4v) is 4.11. The Morgan fingerprint density at radius 1 is 1.00 bits per heavy atom. The van der Waals surface area contributed by atoms with E-state index in [1.165, 1.54) is 12.1 Å². The molecule has 5 rings (SSSR count). The van der Waals surface area contributed by atoms with E-state index in [-0.39, 0.29) is 12.5 Å². The lowest BCUT2D eigenvalue weighted by Gasteiger charge is -2.34. The highest BCUT2D eigenvalue weighted by atomic mass is 19.1. The first-order valence-corrected chi connectivity index (χ1v) is 11.4. The number of hydrogen-bond acceptors (Lipinski definition) is 5. The quantitative estimate of drug-likeness (QED) is 0.430. The molecule has 0 bridgehead atoms. The van der Waals surface area contributed by atoms with Crippen molar-refractivity contribution in [3.05, 3.63) is 83.4 Å². The Kier molecular flexibility index (Phi) is 6.33. The van der Waals surface area contributed by atoms with E-state index < -0.39 is 11.6 Å². The van der Waals surface area contributed by atoms with Gasteiger partial charge in [-0.3, -0.25) is 9.89 Å². The van der Waals surface area contributed by atoms with E-state index in [2.05, 4.69) is 32.4 Å². The number of aromatic nitrogens is 2. The number of amides is 1. The van der Waals surface area contributed by atoms with Gasteiger partial charge in [-0.25, -0.2) is 8.78 Å². The highest BCUT2D eigenvalue weighted by Gasteiger charge is 2.16. The molecule has 1 aliphatic rings. The third-order valence-corrected chi connectivity index (χ3v) is 6.09. The number of aromatic amines is 1. The van der Waals surface area contributed by atoms with Gasteiger partial charge in [-0.2, -0.15) is 5.10 Å². The van der Waals surface area contributed by atoms with Gasteiger partial charge in [0, 0.05) is 48.9 Å². The second-order valence-electron chi connectivity index (χ2n) is 8.64. The van der Waals surface area contributed by atoms with Crippen molar-refractivity contribution in [2.24, 2.45) is 0 Å². The molecule has 1 fully saturated rings. The number of carbonyl (C=O) groups is 1. The highest BCUT2D eigenvalue weighted by Crippen LogP contribution is 2.27. The third kappa shape index (κ3) is 5.25. The Labute approximate surface area is 201 Å². The molecule has 2 heterocycles. The summed E-state index contributed by atoms with van der Waals surface area (Å²) >= 11 is 0. The molecular formula is C26H25F2N5O2. The van der Waals surface area contributed by atoms with Crippen molar-refractivity contribution in [3.8, 4) is 5.75 Å². The molecule has 35 heavy (non-hydrogen) atoms. The van der Waals surface area contributed by atoms with Crippen LogP contribution in [0.15, 0.2) is 60.7 Å². The SMILES string of the molecule is CN1CCN(c2ccc(C(=O)Nc3n[nH]c4ccc(OCc5cc(F)cc(F)c5)cc34)cc2)CC1. The van der Waals surface area contributed by atoms with Crippen LogP contribution in [0.4, 0.5) is 20.3 Å². The number of benzene rings is 3. The van der Waals surface area contributed by atoms with Crippen molar-refractivity contribution in [2.45, 2.75) is 6.61 Å². The largest absolute Gasteiger partial charge is 0.489 e. The van der Waals surface area contributed by atoms with E-state index in [9.17, 15) is 13.6 Å². The van der Waals surface area contributed by atoms with Crippen LogP contribution in [-0.4, -0.2) is 54.2 Å². The van der Waals surface area contributed by atoms with Crippen molar-refractivity contribution in [1.29, 1.82) is 0 Å². The summed E-state index contributed by atoms with van der Waals surface area (Å²) in [4.78, 5) is 17.5. The maximum Gasteiger partial charge on any atom is 0.256 e. The Bertz CT molecular complexity index is 1330. The number of rotatable bonds is 6. The summed E-state index contributed by atoms with van der Waals surface area (Å²) in [6.45, 7) is 3.94. The standard InChI is InChI=1S/C26H25F2N5O2/c1-32-8-10-33(11-9-32)21-4-2-18(3-5-21)26(34)29-25-23-15-22(6-7-24(23)30-31-25)35-16-17-12-19(27)14-20(28)13-17/h2-7,12-15H,8-11,16H2,1H3,(H2,29,30,31,34). The minimum atomic E-state index is -0.657. The number of nitrogens with zero attached hydrogens (tertiary/aromatic N) is 3. The fourth-order valence-electron chi connectivity index (χ4n) is 4.11. The molecule has 0 aliphatic carbocycles. The molecule has 0 unspecified atom stereocenters. The number of H-pyrrole nitrogens is 1. The van der Waals surface area contributed by atoms with E-state index in [4.69, 9.17) is 4.74 Å². The van der Waals surface area contributed by atoms with Crippen LogP contribution >= 0.6 is 0 Å². The predicted octanol–water partition coefficient (Wildman–Crippen LogP) is 4.42. The van der Waals surface area contributed by atoms with Crippen LogP contribution in [0.3, 0.4) is 0 Å². The summed E-state index contributed by atoms with van der Waals surface area (Å²) in [6.07, 6.45) is 0. The Balaban J connectivity index is 1.27. The van der Waals surface area contributed by atoms with Gasteiger partial charge in [-0.15, -0.1) is 0 Å². The van der Waals surface area contributed by atoms with E-state index in [0.29, 0.717) is 28.1 Å². The fraction of sp³-hybridized carbons (Fsp3) is 0.231. The van der Waals surface area contributed by atoms with Crippen LogP contribution in [0.25, 0.3) is 10.9 Å². The number of anilines is 2. The maximum atomic E-state index is 13.4. The smallest absolute Gasteiger partial charge is 0.256 e. The topological polar surface area (TPSA) is 73.5 Å². The van der Waals surface area contributed by atoms with Crippen LogP contribution in [0.1, 0.15) is 15.9 Å². The number of piperazine rings is 1. The molecule has 9 heteroatoms. The van der Waals surface area contributed by atoms with E-state index in [0.717, 1.165) is 43.4 Å². The van der Waals surface area contributed by atoms with Crippen LogP contribution < -0.4 is 15.0 Å². The molecule has 180 valence electrons. The highest BCUT2D eigenvalue weighted by molar-refractivity contribution is 6.08. The van der Waals surface area contributed by atoms with Gasteiger partial charge in [0.1, 0.15) is 24.0 Å². The third-order valence-electron chi connectivity index (χ3n) is 6.09. The van der Waals surface area contributed by atoms with Crippen molar-refractivity contribution < 1.29 is 18.3 Å². The molecule has 0 atom stereocenters. The summed E-state index contributed by atoms with van der Waals surface area (Å²) in [5.41, 5.74) is 2.72. The molecule has 0 saturated carbocycles. The molecule has 1 saturated heterocycles. The molecule has 0 spiro atoms. The summed E-state index contributed by atoms with van der Waals surface area (Å²) < 4.78 is 32.5. The van der Waals surface area contributed by atoms with Crippen molar-refractivity contribution in [2.75, 3.05) is 43.4 Å². The number of fused-ring (bicyclic) bond motifs is 1. The van der Waals surface area contributed by atoms with Gasteiger partial charge in [0.05, 0.1) is 5.52 Å². The summed E-state index contributed by atoms with van der Waals surface area (Å²) in [6, 6.07) is 16.0. The number of hydrogen-bond donors (Lipinski definition) is 2. The van der Waals surface area contributed by atoms with E-state index in [1.807, 2.05) is 24.3 Å². The molecule has 3 aromatic carbocycles. The van der Waals surface area contributed by atoms with Gasteiger partial charge < -0.3 is 19.9 Å². The zero-order chi connectivity index (χ0) is 24.4. The van der Waals surface area contributed by atoms with Crippen LogP contribution in [0.2, 0.25) is 0 Å². The molecule has 4 aromatic rings. The Hall–Kier alpha value is -3.98. The summed E-state index contributed by atoms with van der Waals surface area (Å²) in [7, 11) is 2.12. The number of ether oxygens (including phenoxy) is 1. The minimum Gasteiger partial charge on any atom is -0.489 e. The average molecular weight is 478 g/mol. The minimum absolute atomic E-state index is 0.000611. The molecule has 7 nitrogen and oxygen atoms in total. The maximum absolute atomic E-state index is 13.4. The van der Waals surface area contributed by atoms with Gasteiger partial charge in [-0.1, -0.05) is 0 Å². The first kappa shape index (κ1) is 22.8. The summed E-state index contributed by atoms with van der Waals surface area (Å²) in [5.74, 6) is -0.734. The van der Waals surface area contributed by atoms with Crippen molar-refractivity contribution in [1.82, 2.24) is 15.1 Å². The molecule has 2 N–H and O–H groups in total. The molecule has 1 amide bonds. The Morgan fingerprint density at radius 3 is 2.43 bits per heavy atom. The molecule has 1 aliphatic heterocycles. The lowest BCUT2D eigenvalue weighted by atomic mass is 10.1. The molecule has 0 radical (unpaired) electrons. The normalized spacial score (nSPS) is 14.3. The average Bonchev–Trinajstić information content (AvgIpc) is 3.24. The zero-order valence-electron chi connectivity index (χ0n) is 19.2. The van der Waals surface area contributed by atoms with Gasteiger partial charge in [0.25, 0.3) is 5.91 Å². The van der Waals surface area contributed by atoms with Gasteiger partial charge in [0.2, 0.25) is 0 Å². The van der Waals surface area contributed by atoms with Crippen LogP contribution in [0.5, 0.6) is 5.75 Å². The second-order valence-corrected chi connectivity index (χ2v) is 8.64. The van der Waals surface area contributed by atoms with Gasteiger partial charge in [-0.05, 0) is 67.2 Å². The predicted molar refractivity (Wildman–Crippen MR) is 131 cm³/mol. The first-order chi connectivity index (χ1) is 16.9. The number of likely N-dealkylation sites (N-methyl/N-ethyl adjacent to an activating group) is 1. The number of carbonyl (C=O) groups excluding carboxylic acids is 1. The molecular weight excluding hydrogens is 452 g/mol. The molecule has 1 aromatic heterocycles. The summed E-state index contributed by atoms with van der Waals surface area (Å²) in [5, 5.41) is 10.6. The zero-order valence-corrected chi connectivity index (χ0v) is 19.2. The second kappa shape index (κ2) is 9.71. The monoisotopic (exact) mass is 477 g/mol. The van der Waals surface area contributed by atoms with E-state index in [1.54, 1.807) is 18.2 Å². The van der Waals surface area contributed by atoms with Gasteiger partial charge in [0.15, 0.2) is 5.82 Å². The van der Waals surface area contributed by atoms with Crippen LogP contribution in [0, 0.1) is 11.6 Å². The lowest BCUT2D eigenvalue weighted by molar-refractivity contribution is 0.102. The first-order valence-electron chi connectivity index (χ1n) is 11.4. The van der Waals surface area contributed by atoms with Crippen molar-refractivity contribution in [3.63, 3.8) is 0 Å². The lowest BCUT2D eigenvalue weighted by Crippen LogP contribution is -2.44. The van der Waals surface area contributed by atoms with Crippen molar-refractivity contribution >= 4 is 28.3 Å². The van der Waals surface area contributed by atoms with Gasteiger partial charge >= 0.3 is 0 Å². The van der Waals surface area contributed by atoms with E-state index >= 15 is 0 Å². The number of nitrogens with one attached hydrogen (secondary N) is 2. The number of halogens is 2.